The molecule has 0 saturated carbocycles. The van der Waals surface area contributed by atoms with Crippen LogP contribution in [0.5, 0.6) is 0 Å². The van der Waals surface area contributed by atoms with Gasteiger partial charge >= 0.3 is 0 Å². The van der Waals surface area contributed by atoms with E-state index in [0.717, 1.165) is 18.7 Å². The number of hydrogen-bond acceptors (Lipinski definition) is 4. The second kappa shape index (κ2) is 6.46. The first-order valence-electron chi connectivity index (χ1n) is 7.46. The Morgan fingerprint density at radius 3 is 2.43 bits per heavy atom. The van der Waals surface area contributed by atoms with Crippen LogP contribution in [0.25, 0.3) is 0 Å². The van der Waals surface area contributed by atoms with Crippen LogP contribution in [0.2, 0.25) is 0 Å². The Morgan fingerprint density at radius 1 is 1.24 bits per heavy atom. The minimum absolute atomic E-state index is 0.369. The predicted octanol–water partition coefficient (Wildman–Crippen LogP) is 1.57. The van der Waals surface area contributed by atoms with E-state index in [1.165, 1.54) is 4.31 Å². The van der Waals surface area contributed by atoms with Crippen LogP contribution in [0.15, 0.2) is 4.90 Å². The lowest BCUT2D eigenvalue weighted by atomic mass is 10.1. The van der Waals surface area contributed by atoms with Gasteiger partial charge < -0.3 is 4.74 Å². The van der Waals surface area contributed by atoms with Crippen molar-refractivity contribution in [1.29, 1.82) is 0 Å². The summed E-state index contributed by atoms with van der Waals surface area (Å²) in [7, 11) is -3.47. The van der Waals surface area contributed by atoms with Crippen molar-refractivity contribution in [2.45, 2.75) is 45.6 Å². The zero-order chi connectivity index (χ0) is 15.6. The van der Waals surface area contributed by atoms with E-state index in [4.69, 9.17) is 4.74 Å². The third-order valence-electron chi connectivity index (χ3n) is 3.80. The normalized spacial score (nSPS) is 17.6. The monoisotopic (exact) mass is 315 g/mol. The van der Waals surface area contributed by atoms with Gasteiger partial charge in [0.15, 0.2) is 0 Å². The van der Waals surface area contributed by atoms with Gasteiger partial charge in [0.05, 0.1) is 24.6 Å². The highest BCUT2D eigenvalue weighted by Gasteiger charge is 2.31. The summed E-state index contributed by atoms with van der Waals surface area (Å²) in [5.74, 6) is 0.563. The zero-order valence-electron chi connectivity index (χ0n) is 13.3. The summed E-state index contributed by atoms with van der Waals surface area (Å²) in [6, 6.07) is 0. The quantitative estimate of drug-likeness (QED) is 0.827. The van der Waals surface area contributed by atoms with E-state index in [0.29, 0.717) is 42.8 Å². The molecule has 1 aliphatic heterocycles. The number of sulfonamides is 1. The topological polar surface area (TPSA) is 64.4 Å². The average Bonchev–Trinajstić information content (AvgIpc) is 2.72. The second-order valence-corrected chi connectivity index (χ2v) is 7.80. The minimum atomic E-state index is -3.47. The van der Waals surface area contributed by atoms with Crippen molar-refractivity contribution in [2.75, 3.05) is 26.3 Å². The first kappa shape index (κ1) is 16.5. The van der Waals surface area contributed by atoms with Gasteiger partial charge in [0.2, 0.25) is 10.0 Å². The molecule has 0 radical (unpaired) electrons. The first-order valence-corrected chi connectivity index (χ1v) is 8.90. The molecule has 120 valence electrons. The Hall–Kier alpha value is -0.920. The van der Waals surface area contributed by atoms with Crippen LogP contribution in [0.4, 0.5) is 0 Å². The highest BCUT2D eigenvalue weighted by molar-refractivity contribution is 7.89. The van der Waals surface area contributed by atoms with Gasteiger partial charge in [0.25, 0.3) is 0 Å². The molecule has 21 heavy (non-hydrogen) atoms. The minimum Gasteiger partial charge on any atom is -0.379 e. The fourth-order valence-corrected chi connectivity index (χ4v) is 4.35. The molecular weight excluding hydrogens is 290 g/mol. The van der Waals surface area contributed by atoms with E-state index < -0.39 is 10.0 Å². The van der Waals surface area contributed by atoms with Gasteiger partial charge in [-0.3, -0.25) is 4.68 Å². The molecule has 0 unspecified atom stereocenters. The van der Waals surface area contributed by atoms with E-state index in [1.807, 2.05) is 11.6 Å². The van der Waals surface area contributed by atoms with Crippen LogP contribution >= 0.6 is 0 Å². The van der Waals surface area contributed by atoms with Gasteiger partial charge in [-0.2, -0.15) is 9.40 Å². The van der Waals surface area contributed by atoms with Crippen molar-refractivity contribution >= 4 is 10.0 Å². The van der Waals surface area contributed by atoms with Gasteiger partial charge in [-0.25, -0.2) is 8.42 Å². The predicted molar refractivity (Wildman–Crippen MR) is 80.7 cm³/mol. The summed E-state index contributed by atoms with van der Waals surface area (Å²) in [6.45, 7) is 10.4. The summed E-state index contributed by atoms with van der Waals surface area (Å²) in [4.78, 5) is 0.369. The molecule has 6 nitrogen and oxygen atoms in total. The Labute approximate surface area is 127 Å². The smallest absolute Gasteiger partial charge is 0.246 e. The largest absolute Gasteiger partial charge is 0.379 e. The van der Waals surface area contributed by atoms with Gasteiger partial charge in [0, 0.05) is 19.6 Å². The highest BCUT2D eigenvalue weighted by Crippen LogP contribution is 2.24. The van der Waals surface area contributed by atoms with Gasteiger partial charge in [-0.05, 0) is 26.2 Å². The number of rotatable bonds is 5. The van der Waals surface area contributed by atoms with Crippen LogP contribution in [0.3, 0.4) is 0 Å². The van der Waals surface area contributed by atoms with E-state index >= 15 is 0 Å². The molecule has 0 aliphatic carbocycles. The molecule has 0 bridgehead atoms. The number of aryl methyl sites for hydroxylation is 2. The third kappa shape index (κ3) is 3.46. The molecule has 2 heterocycles. The molecule has 2 rings (SSSR count). The number of morpholine rings is 1. The van der Waals surface area contributed by atoms with Crippen molar-refractivity contribution in [3.63, 3.8) is 0 Å². The molecule has 1 aromatic heterocycles. The van der Waals surface area contributed by atoms with E-state index in [2.05, 4.69) is 18.9 Å². The number of ether oxygens (including phenoxy) is 1. The maximum Gasteiger partial charge on any atom is 0.246 e. The summed E-state index contributed by atoms with van der Waals surface area (Å²) in [6.07, 6.45) is 0.985. The second-order valence-electron chi connectivity index (χ2n) is 5.92. The van der Waals surface area contributed by atoms with Crippen LogP contribution in [-0.2, 0) is 21.3 Å². The Bertz CT molecular complexity index is 587. The van der Waals surface area contributed by atoms with Gasteiger partial charge in [-0.15, -0.1) is 0 Å². The lowest BCUT2D eigenvalue weighted by Crippen LogP contribution is -2.41. The van der Waals surface area contributed by atoms with Crippen LogP contribution in [-0.4, -0.2) is 48.8 Å². The summed E-state index contributed by atoms with van der Waals surface area (Å²) >= 11 is 0. The number of nitrogens with zero attached hydrogens (tertiary/aromatic N) is 3. The van der Waals surface area contributed by atoms with Gasteiger partial charge in [-0.1, -0.05) is 13.8 Å². The number of hydrogen-bond donors (Lipinski definition) is 0. The van der Waals surface area contributed by atoms with Crippen molar-refractivity contribution in [3.8, 4) is 0 Å². The van der Waals surface area contributed by atoms with Gasteiger partial charge in [0.1, 0.15) is 4.90 Å². The molecule has 0 aromatic carbocycles. The van der Waals surface area contributed by atoms with Crippen LogP contribution in [0.1, 0.15) is 31.7 Å². The molecule has 0 N–H and O–H groups in total. The Morgan fingerprint density at radius 2 is 1.86 bits per heavy atom. The molecule has 1 saturated heterocycles. The third-order valence-corrected chi connectivity index (χ3v) is 5.95. The maximum absolute atomic E-state index is 12.8. The molecule has 0 amide bonds. The van der Waals surface area contributed by atoms with Crippen LogP contribution < -0.4 is 0 Å². The van der Waals surface area contributed by atoms with Crippen molar-refractivity contribution in [1.82, 2.24) is 14.1 Å². The molecule has 1 aliphatic rings. The van der Waals surface area contributed by atoms with Crippen molar-refractivity contribution in [2.24, 2.45) is 5.92 Å². The standard InChI is InChI=1S/C14H25N3O3S/c1-11(2)5-6-17-13(4)14(12(3)15-17)21(18,19)16-7-9-20-10-8-16/h11H,5-10H2,1-4H3. The highest BCUT2D eigenvalue weighted by atomic mass is 32.2. The molecule has 0 spiro atoms. The van der Waals surface area contributed by atoms with Crippen LogP contribution in [0, 0.1) is 19.8 Å². The number of aromatic nitrogens is 2. The summed E-state index contributed by atoms with van der Waals surface area (Å²) in [5.41, 5.74) is 1.32. The summed E-state index contributed by atoms with van der Waals surface area (Å²) < 4.78 is 34.2. The van der Waals surface area contributed by atoms with Crippen molar-refractivity contribution < 1.29 is 13.2 Å². The Kier molecular flexibility index (Phi) is 5.06. The van der Waals surface area contributed by atoms with E-state index in [1.54, 1.807) is 6.92 Å². The molecule has 1 fully saturated rings. The average molecular weight is 315 g/mol. The SMILES string of the molecule is Cc1nn(CCC(C)C)c(C)c1S(=O)(=O)N1CCOCC1. The lowest BCUT2D eigenvalue weighted by molar-refractivity contribution is 0.0730. The Balaban J connectivity index is 2.30. The molecule has 7 heteroatoms. The zero-order valence-corrected chi connectivity index (χ0v) is 14.1. The van der Waals surface area contributed by atoms with Crippen molar-refractivity contribution in [3.05, 3.63) is 11.4 Å². The summed E-state index contributed by atoms with van der Waals surface area (Å²) in [5, 5.41) is 4.42. The van der Waals surface area contributed by atoms with E-state index in [9.17, 15) is 8.42 Å². The molecule has 0 atom stereocenters. The molecular formula is C14H25N3O3S. The molecule has 1 aromatic rings. The lowest BCUT2D eigenvalue weighted by Gasteiger charge is -2.26. The maximum atomic E-state index is 12.8. The van der Waals surface area contributed by atoms with E-state index in [-0.39, 0.29) is 0 Å². The first-order chi connectivity index (χ1) is 9.84. The fraction of sp³-hybridized carbons (Fsp3) is 0.786. The fourth-order valence-electron chi connectivity index (χ4n) is 2.57.